The summed E-state index contributed by atoms with van der Waals surface area (Å²) < 4.78 is 34.0. The van der Waals surface area contributed by atoms with Crippen LogP contribution in [0.25, 0.3) is 0 Å². The molecule has 0 spiro atoms. The van der Waals surface area contributed by atoms with Gasteiger partial charge in [-0.05, 0) is 56.4 Å². The van der Waals surface area contributed by atoms with Gasteiger partial charge >= 0.3 is 0 Å². The van der Waals surface area contributed by atoms with Gasteiger partial charge < -0.3 is 4.74 Å². The number of sulfonamides is 1. The number of ether oxygens (including phenoxy) is 1. The highest BCUT2D eigenvalue weighted by atomic mass is 32.2. The fourth-order valence-electron chi connectivity index (χ4n) is 3.32. The number of rotatable bonds is 4. The second-order valence-electron chi connectivity index (χ2n) is 6.28. The van der Waals surface area contributed by atoms with E-state index < -0.39 is 10.0 Å². The fourth-order valence-corrected chi connectivity index (χ4v) is 5.15. The topological polar surface area (TPSA) is 55.4 Å². The van der Waals surface area contributed by atoms with Gasteiger partial charge in [0.1, 0.15) is 5.75 Å². The van der Waals surface area contributed by atoms with Crippen molar-refractivity contribution in [3.05, 3.63) is 22.8 Å². The van der Waals surface area contributed by atoms with Gasteiger partial charge in [0, 0.05) is 6.04 Å². The van der Waals surface area contributed by atoms with E-state index in [0.717, 1.165) is 48.1 Å². The average Bonchev–Trinajstić information content (AvgIpc) is 2.70. The first kappa shape index (κ1) is 17.3. The highest BCUT2D eigenvalue weighted by molar-refractivity contribution is 7.89. The molecule has 0 saturated heterocycles. The van der Waals surface area contributed by atoms with Crippen molar-refractivity contribution < 1.29 is 13.2 Å². The second-order valence-corrected chi connectivity index (χ2v) is 7.94. The molecule has 0 amide bonds. The zero-order valence-electron chi connectivity index (χ0n) is 14.0. The van der Waals surface area contributed by atoms with Crippen LogP contribution in [0.5, 0.6) is 5.75 Å². The standard InChI is InChI=1S/C17H27NO3S/c1-12-11-16(21-4)13(2)14(3)17(12)22(19,20)18-15-9-7-5-6-8-10-15/h11,15,18H,5-10H2,1-4H3. The van der Waals surface area contributed by atoms with Gasteiger partial charge in [-0.3, -0.25) is 0 Å². The van der Waals surface area contributed by atoms with Gasteiger partial charge in [-0.2, -0.15) is 0 Å². The van der Waals surface area contributed by atoms with Crippen molar-refractivity contribution in [2.45, 2.75) is 70.2 Å². The Morgan fingerprint density at radius 2 is 1.64 bits per heavy atom. The van der Waals surface area contributed by atoms with E-state index in [2.05, 4.69) is 4.72 Å². The van der Waals surface area contributed by atoms with Crippen molar-refractivity contribution in [3.63, 3.8) is 0 Å². The predicted molar refractivity (Wildman–Crippen MR) is 89.0 cm³/mol. The van der Waals surface area contributed by atoms with E-state index in [4.69, 9.17) is 4.74 Å². The van der Waals surface area contributed by atoms with Gasteiger partial charge in [-0.15, -0.1) is 0 Å². The smallest absolute Gasteiger partial charge is 0.241 e. The number of nitrogens with one attached hydrogen (secondary N) is 1. The van der Waals surface area contributed by atoms with Crippen LogP contribution >= 0.6 is 0 Å². The summed E-state index contributed by atoms with van der Waals surface area (Å²) in [6.45, 7) is 5.58. The van der Waals surface area contributed by atoms with Crippen LogP contribution in [0.2, 0.25) is 0 Å². The third kappa shape index (κ3) is 3.63. The monoisotopic (exact) mass is 325 g/mol. The highest BCUT2D eigenvalue weighted by Gasteiger charge is 2.26. The maximum atomic E-state index is 12.9. The van der Waals surface area contributed by atoms with Crippen LogP contribution in [-0.4, -0.2) is 21.6 Å². The summed E-state index contributed by atoms with van der Waals surface area (Å²) in [4.78, 5) is 0.412. The zero-order chi connectivity index (χ0) is 16.3. The van der Waals surface area contributed by atoms with Crippen LogP contribution in [0.15, 0.2) is 11.0 Å². The number of aryl methyl sites for hydroxylation is 1. The largest absolute Gasteiger partial charge is 0.496 e. The fraction of sp³-hybridized carbons (Fsp3) is 0.647. The minimum Gasteiger partial charge on any atom is -0.496 e. The lowest BCUT2D eigenvalue weighted by molar-refractivity contribution is 0.410. The lowest BCUT2D eigenvalue weighted by Crippen LogP contribution is -2.35. The Kier molecular flexibility index (Phi) is 5.50. The Bertz CT molecular complexity index is 630. The molecule has 0 bridgehead atoms. The molecule has 5 heteroatoms. The molecular weight excluding hydrogens is 298 g/mol. The number of hydrogen-bond acceptors (Lipinski definition) is 3. The molecule has 2 rings (SSSR count). The third-order valence-electron chi connectivity index (χ3n) is 4.64. The number of methoxy groups -OCH3 is 1. The summed E-state index contributed by atoms with van der Waals surface area (Å²) in [6.07, 6.45) is 6.49. The molecule has 0 unspecified atom stereocenters. The Balaban J connectivity index is 2.35. The Morgan fingerprint density at radius 1 is 1.05 bits per heavy atom. The lowest BCUT2D eigenvalue weighted by atomic mass is 10.1. The predicted octanol–water partition coefficient (Wildman–Crippen LogP) is 3.62. The van der Waals surface area contributed by atoms with Gasteiger partial charge in [-0.25, -0.2) is 13.1 Å². The Labute approximate surface area is 134 Å². The van der Waals surface area contributed by atoms with Gasteiger partial charge in [0.25, 0.3) is 0 Å². The molecule has 1 N–H and O–H groups in total. The maximum absolute atomic E-state index is 12.9. The quantitative estimate of drug-likeness (QED) is 0.860. The molecule has 1 aromatic rings. The molecular formula is C17H27NO3S. The molecule has 22 heavy (non-hydrogen) atoms. The summed E-state index contributed by atoms with van der Waals surface area (Å²) in [5.74, 6) is 0.739. The van der Waals surface area contributed by atoms with Crippen molar-refractivity contribution in [3.8, 4) is 5.75 Å². The van der Waals surface area contributed by atoms with Crippen LogP contribution in [0.4, 0.5) is 0 Å². The Morgan fingerprint density at radius 3 is 2.18 bits per heavy atom. The van der Waals surface area contributed by atoms with Crippen LogP contribution < -0.4 is 9.46 Å². The number of benzene rings is 1. The molecule has 0 atom stereocenters. The molecule has 0 radical (unpaired) electrons. The van der Waals surface area contributed by atoms with Crippen LogP contribution in [0, 0.1) is 20.8 Å². The minimum atomic E-state index is -3.49. The molecule has 1 saturated carbocycles. The van der Waals surface area contributed by atoms with Gasteiger partial charge in [0.2, 0.25) is 10.0 Å². The SMILES string of the molecule is COc1cc(C)c(S(=O)(=O)NC2CCCCCC2)c(C)c1C. The van der Waals surface area contributed by atoms with Gasteiger partial charge in [0.05, 0.1) is 12.0 Å². The summed E-state index contributed by atoms with van der Waals surface area (Å²) >= 11 is 0. The van der Waals surface area contributed by atoms with E-state index in [1.807, 2.05) is 26.8 Å². The van der Waals surface area contributed by atoms with E-state index >= 15 is 0 Å². The normalized spacial score (nSPS) is 17.3. The molecule has 1 aromatic carbocycles. The van der Waals surface area contributed by atoms with E-state index in [1.54, 1.807) is 7.11 Å². The summed E-state index contributed by atoms with van der Waals surface area (Å²) in [5.41, 5.74) is 2.40. The van der Waals surface area contributed by atoms with E-state index in [1.165, 1.54) is 12.8 Å². The van der Waals surface area contributed by atoms with Crippen molar-refractivity contribution in [1.29, 1.82) is 0 Å². The number of hydrogen-bond donors (Lipinski definition) is 1. The lowest BCUT2D eigenvalue weighted by Gasteiger charge is -2.20. The second kappa shape index (κ2) is 7.01. The molecule has 1 fully saturated rings. The van der Waals surface area contributed by atoms with Crippen molar-refractivity contribution in [2.75, 3.05) is 7.11 Å². The molecule has 1 aliphatic rings. The van der Waals surface area contributed by atoms with Gasteiger partial charge in [-0.1, -0.05) is 25.7 Å². The molecule has 1 aliphatic carbocycles. The van der Waals surface area contributed by atoms with Crippen LogP contribution in [0.3, 0.4) is 0 Å². The van der Waals surface area contributed by atoms with E-state index in [9.17, 15) is 8.42 Å². The minimum absolute atomic E-state index is 0.0636. The third-order valence-corrected chi connectivity index (χ3v) is 6.45. The van der Waals surface area contributed by atoms with Gasteiger partial charge in [0.15, 0.2) is 0 Å². The summed E-state index contributed by atoms with van der Waals surface area (Å²) in [6, 6.07) is 1.87. The van der Waals surface area contributed by atoms with Crippen molar-refractivity contribution in [2.24, 2.45) is 0 Å². The van der Waals surface area contributed by atoms with Crippen LogP contribution in [0.1, 0.15) is 55.2 Å². The first-order chi connectivity index (χ1) is 10.4. The zero-order valence-corrected chi connectivity index (χ0v) is 14.8. The molecule has 4 nitrogen and oxygen atoms in total. The van der Waals surface area contributed by atoms with Crippen LogP contribution in [-0.2, 0) is 10.0 Å². The van der Waals surface area contributed by atoms with E-state index in [-0.39, 0.29) is 6.04 Å². The summed E-state index contributed by atoms with van der Waals surface area (Å²) in [5, 5.41) is 0. The summed E-state index contributed by atoms with van der Waals surface area (Å²) in [7, 11) is -1.88. The average molecular weight is 325 g/mol. The van der Waals surface area contributed by atoms with E-state index in [0.29, 0.717) is 4.90 Å². The Hall–Kier alpha value is -1.07. The first-order valence-corrected chi connectivity index (χ1v) is 9.52. The maximum Gasteiger partial charge on any atom is 0.241 e. The molecule has 124 valence electrons. The van der Waals surface area contributed by atoms with Crippen molar-refractivity contribution >= 4 is 10.0 Å². The first-order valence-electron chi connectivity index (χ1n) is 8.04. The van der Waals surface area contributed by atoms with Crippen molar-refractivity contribution in [1.82, 2.24) is 4.72 Å². The molecule has 0 aliphatic heterocycles. The molecule has 0 aromatic heterocycles. The molecule has 0 heterocycles. The highest BCUT2D eigenvalue weighted by Crippen LogP contribution is 2.31.